The van der Waals surface area contributed by atoms with Gasteiger partial charge in [-0.25, -0.2) is 4.79 Å². The zero-order chi connectivity index (χ0) is 19.8. The minimum absolute atomic E-state index is 0.117. The van der Waals surface area contributed by atoms with E-state index in [1.54, 1.807) is 22.7 Å². The Hall–Kier alpha value is -2.97. The molecule has 1 aliphatic rings. The third-order valence-electron chi connectivity index (χ3n) is 5.01. The van der Waals surface area contributed by atoms with Gasteiger partial charge in [-0.3, -0.25) is 4.79 Å². The zero-order valence-electron chi connectivity index (χ0n) is 15.4. The number of amides is 1. The summed E-state index contributed by atoms with van der Waals surface area (Å²) < 4.78 is 6.37. The van der Waals surface area contributed by atoms with Crippen LogP contribution in [-0.4, -0.2) is 27.1 Å². The molecule has 0 radical (unpaired) electrons. The number of hydrogen-bond donors (Lipinski definition) is 0. The normalized spacial score (nSPS) is 16.0. The van der Waals surface area contributed by atoms with E-state index in [9.17, 15) is 9.59 Å². The van der Waals surface area contributed by atoms with Crippen molar-refractivity contribution in [1.82, 2.24) is 14.7 Å². The average molecular weight is 424 g/mol. The van der Waals surface area contributed by atoms with Crippen molar-refractivity contribution in [2.24, 2.45) is 0 Å². The van der Waals surface area contributed by atoms with Crippen LogP contribution in [0.1, 0.15) is 21.4 Å². The molecule has 0 fully saturated rings. The summed E-state index contributed by atoms with van der Waals surface area (Å²) >= 11 is 3.37. The molecule has 146 valence electrons. The van der Waals surface area contributed by atoms with E-state index in [4.69, 9.17) is 4.42 Å². The third kappa shape index (κ3) is 3.34. The molecule has 0 aliphatic carbocycles. The van der Waals surface area contributed by atoms with Crippen LogP contribution in [0.5, 0.6) is 0 Å². The first-order valence-corrected chi connectivity index (χ1v) is 11.0. The van der Waals surface area contributed by atoms with Crippen molar-refractivity contribution >= 4 is 28.6 Å². The molecule has 4 aromatic rings. The van der Waals surface area contributed by atoms with Crippen LogP contribution in [0.15, 0.2) is 68.5 Å². The molecule has 0 saturated carbocycles. The second kappa shape index (κ2) is 7.46. The van der Waals surface area contributed by atoms with Crippen molar-refractivity contribution in [3.05, 3.63) is 85.2 Å². The second-order valence-electron chi connectivity index (χ2n) is 6.75. The predicted molar refractivity (Wildman–Crippen MR) is 112 cm³/mol. The first-order valence-electron chi connectivity index (χ1n) is 9.23. The van der Waals surface area contributed by atoms with E-state index in [0.717, 1.165) is 16.0 Å². The third-order valence-corrected chi connectivity index (χ3v) is 6.93. The number of nitrogens with zero attached hydrogens (tertiary/aromatic N) is 3. The summed E-state index contributed by atoms with van der Waals surface area (Å²) in [4.78, 5) is 29.7. The fraction of sp³-hybridized carbons (Fsp3) is 0.190. The van der Waals surface area contributed by atoms with Gasteiger partial charge in [-0.2, -0.15) is 4.68 Å². The van der Waals surface area contributed by atoms with E-state index in [-0.39, 0.29) is 24.4 Å². The number of hydrogen-bond acceptors (Lipinski definition) is 6. The molecule has 8 heteroatoms. The standard InChI is InChI=1S/C21H17N3O3S2/c25-18(13-24-21(26)27-20(22-24)14-5-2-1-3-6-14)23-10-8-16-15(9-12-29-16)19(23)17-7-4-11-28-17/h1-7,9,11-12,19H,8,10,13H2/t19-/m1/s1. The molecule has 0 bridgehead atoms. The summed E-state index contributed by atoms with van der Waals surface area (Å²) in [5.74, 6) is -0.551. The fourth-order valence-electron chi connectivity index (χ4n) is 3.66. The molecule has 1 amide bonds. The molecule has 4 heterocycles. The van der Waals surface area contributed by atoms with Crippen molar-refractivity contribution in [3.8, 4) is 11.5 Å². The smallest absolute Gasteiger partial charge is 0.388 e. The van der Waals surface area contributed by atoms with E-state index in [1.807, 2.05) is 46.7 Å². The largest absolute Gasteiger partial charge is 0.437 e. The van der Waals surface area contributed by atoms with Crippen molar-refractivity contribution in [1.29, 1.82) is 0 Å². The average Bonchev–Trinajstić information content (AvgIpc) is 3.49. The van der Waals surface area contributed by atoms with Gasteiger partial charge in [0.25, 0.3) is 0 Å². The molecular formula is C21H17N3O3S2. The van der Waals surface area contributed by atoms with E-state index < -0.39 is 5.76 Å². The molecular weight excluding hydrogens is 406 g/mol. The first-order chi connectivity index (χ1) is 14.2. The highest BCUT2D eigenvalue weighted by atomic mass is 32.1. The van der Waals surface area contributed by atoms with Gasteiger partial charge in [0.05, 0.1) is 6.04 Å². The summed E-state index contributed by atoms with van der Waals surface area (Å²) in [6.07, 6.45) is 0.823. The monoisotopic (exact) mass is 423 g/mol. The van der Waals surface area contributed by atoms with E-state index >= 15 is 0 Å². The van der Waals surface area contributed by atoms with Gasteiger partial charge in [0.1, 0.15) is 6.54 Å². The SMILES string of the molecule is O=C(Cn1nc(-c2ccccc2)oc1=O)N1CCc2sccc2[C@@H]1c1cccs1. The fourth-order valence-corrected chi connectivity index (χ4v) is 5.42. The quantitative estimate of drug-likeness (QED) is 0.501. The molecule has 1 aromatic carbocycles. The lowest BCUT2D eigenvalue weighted by Gasteiger charge is -2.35. The van der Waals surface area contributed by atoms with Gasteiger partial charge in [-0.05, 0) is 47.0 Å². The number of carbonyl (C=O) groups excluding carboxylic acids is 1. The second-order valence-corrected chi connectivity index (χ2v) is 8.73. The Morgan fingerprint density at radius 1 is 1.10 bits per heavy atom. The van der Waals surface area contributed by atoms with Gasteiger partial charge >= 0.3 is 5.76 Å². The van der Waals surface area contributed by atoms with Crippen LogP contribution in [-0.2, 0) is 17.8 Å². The highest BCUT2D eigenvalue weighted by Gasteiger charge is 2.33. The van der Waals surface area contributed by atoms with Gasteiger partial charge in [0.2, 0.25) is 11.8 Å². The Bertz CT molecular complexity index is 1190. The Morgan fingerprint density at radius 2 is 1.97 bits per heavy atom. The van der Waals surface area contributed by atoms with Crippen LogP contribution in [0, 0.1) is 0 Å². The van der Waals surface area contributed by atoms with Crippen LogP contribution in [0.4, 0.5) is 0 Å². The highest BCUT2D eigenvalue weighted by molar-refractivity contribution is 7.10. The summed E-state index contributed by atoms with van der Waals surface area (Å²) in [5.41, 5.74) is 1.88. The maximum Gasteiger partial charge on any atom is 0.437 e. The molecule has 0 unspecified atom stereocenters. The van der Waals surface area contributed by atoms with Crippen molar-refractivity contribution in [3.63, 3.8) is 0 Å². The minimum atomic E-state index is -0.627. The summed E-state index contributed by atoms with van der Waals surface area (Å²) in [6.45, 7) is 0.476. The molecule has 1 aliphatic heterocycles. The maximum atomic E-state index is 13.2. The number of aromatic nitrogens is 2. The number of carbonyl (C=O) groups is 1. The molecule has 6 nitrogen and oxygen atoms in total. The molecule has 3 aromatic heterocycles. The number of benzene rings is 1. The molecule has 5 rings (SSSR count). The van der Waals surface area contributed by atoms with Crippen molar-refractivity contribution in [2.45, 2.75) is 19.0 Å². The van der Waals surface area contributed by atoms with Crippen LogP contribution < -0.4 is 5.76 Å². The van der Waals surface area contributed by atoms with Crippen LogP contribution in [0.2, 0.25) is 0 Å². The van der Waals surface area contributed by atoms with Crippen molar-refractivity contribution < 1.29 is 9.21 Å². The van der Waals surface area contributed by atoms with E-state index in [0.29, 0.717) is 12.1 Å². The number of rotatable bonds is 4. The molecule has 29 heavy (non-hydrogen) atoms. The minimum Gasteiger partial charge on any atom is -0.388 e. The summed E-state index contributed by atoms with van der Waals surface area (Å²) in [5, 5.41) is 8.33. The van der Waals surface area contributed by atoms with Gasteiger partial charge in [0, 0.05) is 21.9 Å². The lowest BCUT2D eigenvalue weighted by molar-refractivity contribution is -0.134. The first kappa shape index (κ1) is 18.1. The predicted octanol–water partition coefficient (Wildman–Crippen LogP) is 3.80. The highest BCUT2D eigenvalue weighted by Crippen LogP contribution is 2.39. The Balaban J connectivity index is 1.44. The van der Waals surface area contributed by atoms with E-state index in [2.05, 4.69) is 22.6 Å². The van der Waals surface area contributed by atoms with Crippen LogP contribution >= 0.6 is 22.7 Å². The molecule has 0 spiro atoms. The number of thiophene rings is 2. The lowest BCUT2D eigenvalue weighted by atomic mass is 9.98. The Labute approximate surface area is 174 Å². The Morgan fingerprint density at radius 3 is 2.76 bits per heavy atom. The zero-order valence-corrected chi connectivity index (χ0v) is 17.0. The molecule has 1 atom stereocenters. The summed E-state index contributed by atoms with van der Waals surface area (Å²) in [6, 6.07) is 15.2. The lowest BCUT2D eigenvalue weighted by Crippen LogP contribution is -2.42. The maximum absolute atomic E-state index is 13.2. The van der Waals surface area contributed by atoms with Gasteiger partial charge in [0.15, 0.2) is 0 Å². The topological polar surface area (TPSA) is 68.3 Å². The number of fused-ring (bicyclic) bond motifs is 1. The Kier molecular flexibility index (Phi) is 4.65. The van der Waals surface area contributed by atoms with Crippen LogP contribution in [0.3, 0.4) is 0 Å². The van der Waals surface area contributed by atoms with Crippen molar-refractivity contribution in [2.75, 3.05) is 6.54 Å². The van der Waals surface area contributed by atoms with Crippen LogP contribution in [0.25, 0.3) is 11.5 Å². The molecule has 0 N–H and O–H groups in total. The van der Waals surface area contributed by atoms with Gasteiger partial charge in [-0.1, -0.05) is 24.3 Å². The van der Waals surface area contributed by atoms with Gasteiger partial charge in [-0.15, -0.1) is 27.8 Å². The summed E-state index contributed by atoms with van der Waals surface area (Å²) in [7, 11) is 0. The van der Waals surface area contributed by atoms with E-state index in [1.165, 1.54) is 10.4 Å². The van der Waals surface area contributed by atoms with Gasteiger partial charge < -0.3 is 9.32 Å². The molecule has 0 saturated heterocycles.